The number of ketones is 1. The second kappa shape index (κ2) is 9.06. The molecule has 3 aromatic carbocycles. The maximum atomic E-state index is 12.2. The number of carbonyl (C=O) groups excluding carboxylic acids is 1. The van der Waals surface area contributed by atoms with Crippen molar-refractivity contribution < 1.29 is 14.3 Å². The molecule has 0 radical (unpaired) electrons. The highest BCUT2D eigenvalue weighted by Crippen LogP contribution is 2.29. The van der Waals surface area contributed by atoms with Gasteiger partial charge in [-0.15, -0.1) is 0 Å². The molecule has 0 amide bonds. The van der Waals surface area contributed by atoms with E-state index < -0.39 is 0 Å². The highest BCUT2D eigenvalue weighted by atomic mass is 35.5. The Bertz CT molecular complexity index is 932. The van der Waals surface area contributed by atoms with Crippen molar-refractivity contribution in [3.05, 3.63) is 101 Å². The van der Waals surface area contributed by atoms with Gasteiger partial charge in [-0.2, -0.15) is 0 Å². The standard InChI is InChI=1S/C23H19ClO3/c1-26-23-15-17(7-13-21(25)19-9-11-20(24)12-10-19)8-14-22(23)27-16-18-5-3-2-4-6-18/h2-15H,16H2,1H3. The maximum Gasteiger partial charge on any atom is 0.185 e. The van der Waals surface area contributed by atoms with E-state index in [0.717, 1.165) is 11.1 Å². The molecule has 3 nitrogen and oxygen atoms in total. The zero-order valence-electron chi connectivity index (χ0n) is 14.9. The number of ether oxygens (including phenoxy) is 2. The van der Waals surface area contributed by atoms with Gasteiger partial charge < -0.3 is 9.47 Å². The third-order valence-corrected chi connectivity index (χ3v) is 4.23. The Kier molecular flexibility index (Phi) is 6.29. The van der Waals surface area contributed by atoms with Gasteiger partial charge in [0.2, 0.25) is 0 Å². The molecule has 3 rings (SSSR count). The molecule has 0 aliphatic rings. The number of benzene rings is 3. The number of allylic oxidation sites excluding steroid dienone is 1. The summed E-state index contributed by atoms with van der Waals surface area (Å²) >= 11 is 5.85. The fourth-order valence-electron chi connectivity index (χ4n) is 2.52. The van der Waals surface area contributed by atoms with Crippen molar-refractivity contribution in [3.8, 4) is 11.5 Å². The molecular formula is C23H19ClO3. The summed E-state index contributed by atoms with van der Waals surface area (Å²) in [5, 5.41) is 0.603. The van der Waals surface area contributed by atoms with Crippen LogP contribution in [0.2, 0.25) is 5.02 Å². The van der Waals surface area contributed by atoms with Crippen molar-refractivity contribution in [2.75, 3.05) is 7.11 Å². The predicted molar refractivity (Wildman–Crippen MR) is 109 cm³/mol. The van der Waals surface area contributed by atoms with Crippen molar-refractivity contribution in [1.29, 1.82) is 0 Å². The summed E-state index contributed by atoms with van der Waals surface area (Å²) in [4.78, 5) is 12.2. The van der Waals surface area contributed by atoms with Crippen molar-refractivity contribution in [2.45, 2.75) is 6.61 Å². The van der Waals surface area contributed by atoms with Crippen LogP contribution < -0.4 is 9.47 Å². The molecule has 0 saturated heterocycles. The first kappa shape index (κ1) is 18.7. The fourth-order valence-corrected chi connectivity index (χ4v) is 2.65. The summed E-state index contributed by atoms with van der Waals surface area (Å²) in [6.07, 6.45) is 3.28. The van der Waals surface area contributed by atoms with Crippen molar-refractivity contribution in [3.63, 3.8) is 0 Å². The highest BCUT2D eigenvalue weighted by molar-refractivity contribution is 6.30. The minimum Gasteiger partial charge on any atom is -0.493 e. The van der Waals surface area contributed by atoms with E-state index in [-0.39, 0.29) is 5.78 Å². The van der Waals surface area contributed by atoms with Crippen LogP contribution in [-0.2, 0) is 6.61 Å². The van der Waals surface area contributed by atoms with Crippen molar-refractivity contribution in [1.82, 2.24) is 0 Å². The molecule has 0 aliphatic carbocycles. The zero-order valence-corrected chi connectivity index (χ0v) is 15.6. The van der Waals surface area contributed by atoms with E-state index >= 15 is 0 Å². The normalized spacial score (nSPS) is 10.7. The van der Waals surface area contributed by atoms with Gasteiger partial charge in [-0.3, -0.25) is 4.79 Å². The van der Waals surface area contributed by atoms with Gasteiger partial charge in [0, 0.05) is 10.6 Å². The van der Waals surface area contributed by atoms with Crippen LogP contribution in [0, 0.1) is 0 Å². The molecular weight excluding hydrogens is 360 g/mol. The number of hydrogen-bond donors (Lipinski definition) is 0. The molecule has 0 bridgehead atoms. The molecule has 0 aromatic heterocycles. The number of hydrogen-bond acceptors (Lipinski definition) is 3. The Labute approximate surface area is 163 Å². The third-order valence-electron chi connectivity index (χ3n) is 3.98. The van der Waals surface area contributed by atoms with Crippen molar-refractivity contribution in [2.24, 2.45) is 0 Å². The lowest BCUT2D eigenvalue weighted by Gasteiger charge is -2.11. The second-order valence-corrected chi connectivity index (χ2v) is 6.33. The number of methoxy groups -OCH3 is 1. The lowest BCUT2D eigenvalue weighted by Crippen LogP contribution is -1.98. The van der Waals surface area contributed by atoms with Crippen LogP contribution in [0.4, 0.5) is 0 Å². The van der Waals surface area contributed by atoms with Crippen LogP contribution in [0.15, 0.2) is 78.9 Å². The number of rotatable bonds is 7. The molecule has 0 unspecified atom stereocenters. The van der Waals surface area contributed by atoms with Crippen LogP contribution >= 0.6 is 11.6 Å². The summed E-state index contributed by atoms with van der Waals surface area (Å²) in [6, 6.07) is 22.3. The van der Waals surface area contributed by atoms with Crippen LogP contribution in [0.3, 0.4) is 0 Å². The van der Waals surface area contributed by atoms with Crippen molar-refractivity contribution >= 4 is 23.5 Å². The molecule has 0 atom stereocenters. The van der Waals surface area contributed by atoms with Gasteiger partial charge in [-0.25, -0.2) is 0 Å². The zero-order chi connectivity index (χ0) is 19.1. The number of carbonyl (C=O) groups is 1. The summed E-state index contributed by atoms with van der Waals surface area (Å²) in [7, 11) is 1.59. The van der Waals surface area contributed by atoms with Crippen LogP contribution in [-0.4, -0.2) is 12.9 Å². The molecule has 0 spiro atoms. The van der Waals surface area contributed by atoms with Crippen LogP contribution in [0.25, 0.3) is 6.08 Å². The van der Waals surface area contributed by atoms with Gasteiger partial charge in [0.25, 0.3) is 0 Å². The monoisotopic (exact) mass is 378 g/mol. The van der Waals surface area contributed by atoms with Crippen LogP contribution in [0.1, 0.15) is 21.5 Å². The quantitative estimate of drug-likeness (QED) is 0.383. The minimum atomic E-state index is -0.0879. The Morgan fingerprint density at radius 2 is 1.70 bits per heavy atom. The first-order valence-electron chi connectivity index (χ1n) is 8.48. The van der Waals surface area contributed by atoms with Gasteiger partial charge in [-0.05, 0) is 53.6 Å². The summed E-state index contributed by atoms with van der Waals surface area (Å²) in [6.45, 7) is 0.460. The third kappa shape index (κ3) is 5.22. The molecule has 0 saturated carbocycles. The molecule has 0 N–H and O–H groups in total. The summed E-state index contributed by atoms with van der Waals surface area (Å²) < 4.78 is 11.3. The first-order chi connectivity index (χ1) is 13.2. The van der Waals surface area contributed by atoms with E-state index in [1.54, 1.807) is 37.5 Å². The first-order valence-corrected chi connectivity index (χ1v) is 8.86. The highest BCUT2D eigenvalue weighted by Gasteiger charge is 2.06. The van der Waals surface area contributed by atoms with Gasteiger partial charge in [0.1, 0.15) is 6.61 Å². The molecule has 4 heteroatoms. The average molecular weight is 379 g/mol. The molecule has 0 heterocycles. The lowest BCUT2D eigenvalue weighted by atomic mass is 10.1. The lowest BCUT2D eigenvalue weighted by molar-refractivity contribution is 0.104. The molecule has 0 aliphatic heterocycles. The Balaban J connectivity index is 1.69. The summed E-state index contributed by atoms with van der Waals surface area (Å²) in [5.74, 6) is 1.18. The molecule has 0 fully saturated rings. The Morgan fingerprint density at radius 1 is 0.963 bits per heavy atom. The molecule has 3 aromatic rings. The topological polar surface area (TPSA) is 35.5 Å². The smallest absolute Gasteiger partial charge is 0.185 e. The van der Waals surface area contributed by atoms with Crippen LogP contribution in [0.5, 0.6) is 11.5 Å². The summed E-state index contributed by atoms with van der Waals surface area (Å²) in [5.41, 5.74) is 2.52. The van der Waals surface area contributed by atoms with E-state index in [2.05, 4.69) is 0 Å². The van der Waals surface area contributed by atoms with E-state index in [1.807, 2.05) is 48.5 Å². The molecule has 27 heavy (non-hydrogen) atoms. The predicted octanol–water partition coefficient (Wildman–Crippen LogP) is 5.82. The van der Waals surface area contributed by atoms with Gasteiger partial charge in [-0.1, -0.05) is 54.1 Å². The SMILES string of the molecule is COc1cc(C=CC(=O)c2ccc(Cl)cc2)ccc1OCc1ccccc1. The maximum absolute atomic E-state index is 12.2. The fraction of sp³-hybridized carbons (Fsp3) is 0.0870. The Hall–Kier alpha value is -3.04. The largest absolute Gasteiger partial charge is 0.493 e. The Morgan fingerprint density at radius 3 is 2.41 bits per heavy atom. The van der Waals surface area contributed by atoms with E-state index in [0.29, 0.717) is 28.7 Å². The molecule has 136 valence electrons. The van der Waals surface area contributed by atoms with E-state index in [9.17, 15) is 4.79 Å². The van der Waals surface area contributed by atoms with Gasteiger partial charge in [0.15, 0.2) is 17.3 Å². The average Bonchev–Trinajstić information content (AvgIpc) is 2.72. The van der Waals surface area contributed by atoms with Gasteiger partial charge in [0.05, 0.1) is 7.11 Å². The minimum absolute atomic E-state index is 0.0879. The van der Waals surface area contributed by atoms with E-state index in [1.165, 1.54) is 6.08 Å². The van der Waals surface area contributed by atoms with Gasteiger partial charge >= 0.3 is 0 Å². The van der Waals surface area contributed by atoms with E-state index in [4.69, 9.17) is 21.1 Å². The second-order valence-electron chi connectivity index (χ2n) is 5.89. The number of halogens is 1.